The van der Waals surface area contributed by atoms with Crippen LogP contribution in [0.5, 0.6) is 0 Å². The van der Waals surface area contributed by atoms with Gasteiger partial charge in [0.1, 0.15) is 5.82 Å². The van der Waals surface area contributed by atoms with Gasteiger partial charge in [-0.2, -0.15) is 0 Å². The lowest BCUT2D eigenvalue weighted by Crippen LogP contribution is -1.95. The Morgan fingerprint density at radius 1 is 0.696 bits per heavy atom. The molecule has 0 aliphatic carbocycles. The number of hydrogen-bond donors (Lipinski definition) is 0. The minimum Gasteiger partial charge on any atom is -0.206 e. The zero-order chi connectivity index (χ0) is 16.6. The summed E-state index contributed by atoms with van der Waals surface area (Å²) >= 11 is 1.70. The van der Waals surface area contributed by atoms with Crippen molar-refractivity contribution in [3.63, 3.8) is 0 Å². The van der Waals surface area contributed by atoms with Crippen LogP contribution in [0.1, 0.15) is 5.56 Å². The summed E-state index contributed by atoms with van der Waals surface area (Å²) in [6.07, 6.45) is 0. The highest BCUT2D eigenvalue weighted by atomic mass is 127. The summed E-state index contributed by atoms with van der Waals surface area (Å²) in [5.74, 6) is -2.56. The molecule has 0 nitrogen and oxygen atoms in total. The van der Waals surface area contributed by atoms with Gasteiger partial charge in [-0.15, -0.1) is 0 Å². The average molecular weight is 424 g/mol. The fourth-order valence-electron chi connectivity index (χ4n) is 2.39. The molecule has 23 heavy (non-hydrogen) atoms. The van der Waals surface area contributed by atoms with Gasteiger partial charge in [-0.1, -0.05) is 48.0 Å². The maximum absolute atomic E-state index is 14.4. The van der Waals surface area contributed by atoms with E-state index in [2.05, 4.69) is 0 Å². The SMILES string of the molecule is Cc1ccc(-c2ccc(-c3ccc(I)c(F)c3F)c(F)c2)cc1. The van der Waals surface area contributed by atoms with Crippen molar-refractivity contribution >= 4 is 22.6 Å². The average Bonchev–Trinajstić information content (AvgIpc) is 2.54. The molecule has 0 unspecified atom stereocenters. The van der Waals surface area contributed by atoms with Crippen molar-refractivity contribution in [3.8, 4) is 22.3 Å². The third-order valence-corrected chi connectivity index (χ3v) is 4.51. The second-order valence-corrected chi connectivity index (χ2v) is 6.45. The fraction of sp³-hybridized carbons (Fsp3) is 0.0526. The molecule has 0 fully saturated rings. The molecule has 0 aliphatic rings. The third-order valence-electron chi connectivity index (χ3n) is 3.68. The Labute approximate surface area is 146 Å². The Bertz CT molecular complexity index is 871. The molecule has 0 aliphatic heterocycles. The molecule has 0 saturated carbocycles. The predicted molar refractivity (Wildman–Crippen MR) is 94.6 cm³/mol. The summed E-state index contributed by atoms with van der Waals surface area (Å²) in [5.41, 5.74) is 2.65. The first kappa shape index (κ1) is 16.1. The van der Waals surface area contributed by atoms with Crippen LogP contribution in [0.3, 0.4) is 0 Å². The highest BCUT2D eigenvalue weighted by Gasteiger charge is 2.16. The van der Waals surface area contributed by atoms with E-state index >= 15 is 0 Å². The molecule has 0 bridgehead atoms. The van der Waals surface area contributed by atoms with E-state index in [9.17, 15) is 13.2 Å². The van der Waals surface area contributed by atoms with Crippen molar-refractivity contribution in [1.29, 1.82) is 0 Å². The van der Waals surface area contributed by atoms with Gasteiger partial charge < -0.3 is 0 Å². The van der Waals surface area contributed by atoms with Crippen molar-refractivity contribution < 1.29 is 13.2 Å². The van der Waals surface area contributed by atoms with Crippen molar-refractivity contribution in [3.05, 3.63) is 81.2 Å². The first-order chi connectivity index (χ1) is 11.0. The van der Waals surface area contributed by atoms with Gasteiger partial charge in [-0.25, -0.2) is 13.2 Å². The van der Waals surface area contributed by atoms with E-state index in [1.54, 1.807) is 28.7 Å². The molecule has 0 amide bonds. The van der Waals surface area contributed by atoms with E-state index in [1.807, 2.05) is 31.2 Å². The number of halogens is 4. The van der Waals surface area contributed by atoms with Crippen LogP contribution in [0.4, 0.5) is 13.2 Å². The molecule has 0 aromatic heterocycles. The van der Waals surface area contributed by atoms with Gasteiger partial charge in [-0.05, 0) is 52.8 Å². The van der Waals surface area contributed by atoms with Gasteiger partial charge in [0.15, 0.2) is 11.6 Å². The van der Waals surface area contributed by atoms with Crippen LogP contribution < -0.4 is 0 Å². The summed E-state index contributed by atoms with van der Waals surface area (Å²) in [5, 5.41) is 0. The lowest BCUT2D eigenvalue weighted by molar-refractivity contribution is 0.505. The molecule has 0 atom stereocenters. The van der Waals surface area contributed by atoms with Crippen LogP contribution in [0, 0.1) is 27.9 Å². The van der Waals surface area contributed by atoms with Crippen LogP contribution in [0.15, 0.2) is 54.6 Å². The largest absolute Gasteiger partial charge is 0.206 e. The second-order valence-electron chi connectivity index (χ2n) is 5.28. The third kappa shape index (κ3) is 3.13. The normalized spacial score (nSPS) is 10.8. The van der Waals surface area contributed by atoms with Gasteiger partial charge in [0.25, 0.3) is 0 Å². The van der Waals surface area contributed by atoms with E-state index in [4.69, 9.17) is 0 Å². The van der Waals surface area contributed by atoms with Crippen LogP contribution in [0.2, 0.25) is 0 Å². The lowest BCUT2D eigenvalue weighted by atomic mass is 9.98. The molecule has 116 valence electrons. The van der Waals surface area contributed by atoms with Gasteiger partial charge in [0, 0.05) is 11.1 Å². The van der Waals surface area contributed by atoms with E-state index in [0.29, 0.717) is 5.56 Å². The maximum Gasteiger partial charge on any atom is 0.172 e. The zero-order valence-corrected chi connectivity index (χ0v) is 14.4. The van der Waals surface area contributed by atoms with Gasteiger partial charge in [0.05, 0.1) is 3.57 Å². The Morgan fingerprint density at radius 2 is 1.30 bits per heavy atom. The van der Waals surface area contributed by atoms with Gasteiger partial charge in [0.2, 0.25) is 0 Å². The quantitative estimate of drug-likeness (QED) is 0.332. The Hall–Kier alpha value is -1.82. The molecule has 0 saturated heterocycles. The Balaban J connectivity index is 2.07. The van der Waals surface area contributed by atoms with Crippen molar-refractivity contribution in [2.24, 2.45) is 0 Å². The zero-order valence-electron chi connectivity index (χ0n) is 12.2. The molecule has 0 radical (unpaired) electrons. The second kappa shape index (κ2) is 6.35. The minimum atomic E-state index is -1.03. The summed E-state index contributed by atoms with van der Waals surface area (Å²) in [6, 6.07) is 15.0. The molecule has 3 rings (SSSR count). The smallest absolute Gasteiger partial charge is 0.172 e. The highest BCUT2D eigenvalue weighted by molar-refractivity contribution is 14.1. The summed E-state index contributed by atoms with van der Waals surface area (Å²) in [4.78, 5) is 0. The number of hydrogen-bond acceptors (Lipinski definition) is 0. The molecule has 4 heteroatoms. The van der Waals surface area contributed by atoms with E-state index in [0.717, 1.165) is 11.1 Å². The van der Waals surface area contributed by atoms with Crippen molar-refractivity contribution in [2.75, 3.05) is 0 Å². The van der Waals surface area contributed by atoms with E-state index in [-0.39, 0.29) is 14.7 Å². The summed E-state index contributed by atoms with van der Waals surface area (Å²) in [6.45, 7) is 1.97. The molecule has 0 spiro atoms. The maximum atomic E-state index is 14.4. The first-order valence-electron chi connectivity index (χ1n) is 6.98. The van der Waals surface area contributed by atoms with E-state index < -0.39 is 17.5 Å². The molecule has 0 heterocycles. The summed E-state index contributed by atoms with van der Waals surface area (Å²) < 4.78 is 42.3. The topological polar surface area (TPSA) is 0 Å². The predicted octanol–water partition coefficient (Wildman–Crippen LogP) is 6.35. The molecular formula is C19H12F3I. The Kier molecular flexibility index (Phi) is 4.43. The first-order valence-corrected chi connectivity index (χ1v) is 8.05. The van der Waals surface area contributed by atoms with Crippen LogP contribution in [-0.2, 0) is 0 Å². The monoisotopic (exact) mass is 424 g/mol. The summed E-state index contributed by atoms with van der Waals surface area (Å²) in [7, 11) is 0. The lowest BCUT2D eigenvalue weighted by Gasteiger charge is -2.09. The van der Waals surface area contributed by atoms with Crippen LogP contribution >= 0.6 is 22.6 Å². The van der Waals surface area contributed by atoms with Crippen molar-refractivity contribution in [2.45, 2.75) is 6.92 Å². The molecule has 3 aromatic rings. The van der Waals surface area contributed by atoms with Gasteiger partial charge in [-0.3, -0.25) is 0 Å². The minimum absolute atomic E-state index is 0.0497. The van der Waals surface area contributed by atoms with Crippen LogP contribution in [0.25, 0.3) is 22.3 Å². The number of rotatable bonds is 2. The van der Waals surface area contributed by atoms with Crippen LogP contribution in [-0.4, -0.2) is 0 Å². The number of aryl methyl sites for hydroxylation is 1. The fourth-order valence-corrected chi connectivity index (χ4v) is 2.81. The molecule has 3 aromatic carbocycles. The standard InChI is InChI=1S/C19H12F3I/c1-11-2-4-12(5-3-11)13-6-7-14(16(20)10-13)15-8-9-17(23)19(22)18(15)21/h2-10H,1H3. The van der Waals surface area contributed by atoms with Gasteiger partial charge >= 0.3 is 0 Å². The van der Waals surface area contributed by atoms with Crippen molar-refractivity contribution in [1.82, 2.24) is 0 Å². The van der Waals surface area contributed by atoms with E-state index in [1.165, 1.54) is 24.3 Å². The molecular weight excluding hydrogens is 412 g/mol. The highest BCUT2D eigenvalue weighted by Crippen LogP contribution is 2.31. The molecule has 0 N–H and O–H groups in total. The number of benzene rings is 3. The Morgan fingerprint density at radius 3 is 1.96 bits per heavy atom.